The largest absolute Gasteiger partial charge is 0.394 e. The summed E-state index contributed by atoms with van der Waals surface area (Å²) in [6.45, 7) is -1.38. The first kappa shape index (κ1) is 34.6. The van der Waals surface area contributed by atoms with E-state index in [-0.39, 0.29) is 32.1 Å². The van der Waals surface area contributed by atoms with E-state index in [0.717, 1.165) is 0 Å². The molecule has 3 aliphatic heterocycles. The second-order valence-corrected chi connectivity index (χ2v) is 12.8. The average molecular weight is 643 g/mol. The molecule has 3 saturated heterocycles. The number of aliphatic hydroxyl groups excluding tert-OH is 12. The van der Waals surface area contributed by atoms with E-state index in [1.165, 1.54) is 0 Å². The molecule has 2 aliphatic carbocycles. The molecule has 20 unspecified atom stereocenters. The summed E-state index contributed by atoms with van der Waals surface area (Å²) in [5.41, 5.74) is 0. The highest BCUT2D eigenvalue weighted by Gasteiger charge is 2.54. The van der Waals surface area contributed by atoms with Gasteiger partial charge in [-0.2, -0.15) is 0 Å². The van der Waals surface area contributed by atoms with E-state index in [0.29, 0.717) is 0 Å². The van der Waals surface area contributed by atoms with Gasteiger partial charge in [0.1, 0.15) is 54.9 Å². The average Bonchev–Trinajstić information content (AvgIpc) is 2.99. The standard InChI is InChI=1S/C27H46O17/c28-6-16-19(34)21(36)23(38)26(43-16)41-14-2-8(1-12(32)18(14)33)25-15(5-10-11(31)3-9(30)4-13(10)40-25)42-27-24(39)22(37)20(35)17(7-29)44-27/h8-39H,1-7H2. The summed E-state index contributed by atoms with van der Waals surface area (Å²) in [6, 6.07) is 0. The van der Waals surface area contributed by atoms with E-state index in [4.69, 9.17) is 23.7 Å². The zero-order valence-electron chi connectivity index (χ0n) is 23.9. The summed E-state index contributed by atoms with van der Waals surface area (Å²) in [5, 5.41) is 124. The monoisotopic (exact) mass is 642 g/mol. The molecule has 0 aromatic carbocycles. The summed E-state index contributed by atoms with van der Waals surface area (Å²) in [6.07, 6.45) is -23.7. The van der Waals surface area contributed by atoms with Crippen LogP contribution in [0.2, 0.25) is 0 Å². The molecule has 256 valence electrons. The van der Waals surface area contributed by atoms with E-state index >= 15 is 0 Å². The van der Waals surface area contributed by atoms with Crippen molar-refractivity contribution in [2.75, 3.05) is 13.2 Å². The van der Waals surface area contributed by atoms with Gasteiger partial charge in [-0.05, 0) is 38.0 Å². The van der Waals surface area contributed by atoms with Gasteiger partial charge in [0.15, 0.2) is 12.6 Å². The molecule has 5 rings (SSSR count). The maximum Gasteiger partial charge on any atom is 0.187 e. The van der Waals surface area contributed by atoms with Crippen LogP contribution in [0.5, 0.6) is 0 Å². The second kappa shape index (κ2) is 14.2. The summed E-state index contributed by atoms with van der Waals surface area (Å²) in [4.78, 5) is 0. The van der Waals surface area contributed by atoms with Crippen LogP contribution >= 0.6 is 0 Å². The Morgan fingerprint density at radius 2 is 1.05 bits per heavy atom. The fourth-order valence-electron chi connectivity index (χ4n) is 7.29. The lowest BCUT2D eigenvalue weighted by atomic mass is 9.72. The zero-order valence-corrected chi connectivity index (χ0v) is 23.9. The van der Waals surface area contributed by atoms with Gasteiger partial charge < -0.3 is 85.0 Å². The Bertz CT molecular complexity index is 927. The molecule has 2 saturated carbocycles. The molecule has 12 N–H and O–H groups in total. The van der Waals surface area contributed by atoms with Crippen LogP contribution in [0, 0.1) is 11.8 Å². The molecule has 5 fully saturated rings. The minimum absolute atomic E-state index is 0.0189. The van der Waals surface area contributed by atoms with Gasteiger partial charge in [-0.15, -0.1) is 0 Å². The normalized spacial score (nSPS) is 55.4. The van der Waals surface area contributed by atoms with Gasteiger partial charge in [0, 0.05) is 5.92 Å². The molecule has 3 heterocycles. The molecule has 44 heavy (non-hydrogen) atoms. The van der Waals surface area contributed by atoms with Gasteiger partial charge in [0.05, 0.1) is 55.9 Å². The minimum Gasteiger partial charge on any atom is -0.394 e. The molecule has 17 nitrogen and oxygen atoms in total. The highest BCUT2D eigenvalue weighted by atomic mass is 16.7. The van der Waals surface area contributed by atoms with Crippen LogP contribution in [0.1, 0.15) is 32.1 Å². The van der Waals surface area contributed by atoms with Crippen molar-refractivity contribution in [2.45, 2.75) is 142 Å². The quantitative estimate of drug-likeness (QED) is 0.123. The maximum atomic E-state index is 10.8. The molecule has 0 bridgehead atoms. The molecule has 5 aliphatic rings. The molecule has 0 amide bonds. The van der Waals surface area contributed by atoms with Gasteiger partial charge in [0.2, 0.25) is 0 Å². The van der Waals surface area contributed by atoms with Crippen LogP contribution in [0.4, 0.5) is 0 Å². The van der Waals surface area contributed by atoms with Crippen LogP contribution < -0.4 is 0 Å². The van der Waals surface area contributed by atoms with Crippen molar-refractivity contribution in [2.24, 2.45) is 11.8 Å². The van der Waals surface area contributed by atoms with E-state index in [1.807, 2.05) is 0 Å². The molecule has 0 aromatic rings. The van der Waals surface area contributed by atoms with Crippen molar-refractivity contribution in [3.05, 3.63) is 0 Å². The fraction of sp³-hybridized carbons (Fsp3) is 1.00. The lowest BCUT2D eigenvalue weighted by Gasteiger charge is -2.52. The number of rotatable bonds is 7. The van der Waals surface area contributed by atoms with Crippen LogP contribution in [0.3, 0.4) is 0 Å². The Balaban J connectivity index is 1.37. The van der Waals surface area contributed by atoms with Crippen LogP contribution in [0.15, 0.2) is 0 Å². The minimum atomic E-state index is -1.75. The Morgan fingerprint density at radius 1 is 0.500 bits per heavy atom. The molecular formula is C27H46O17. The third kappa shape index (κ3) is 6.81. The zero-order chi connectivity index (χ0) is 32.0. The smallest absolute Gasteiger partial charge is 0.187 e. The second-order valence-electron chi connectivity index (χ2n) is 12.8. The summed E-state index contributed by atoms with van der Waals surface area (Å²) < 4.78 is 29.3. The van der Waals surface area contributed by atoms with E-state index in [9.17, 15) is 61.3 Å². The Hall–Kier alpha value is -0.680. The lowest BCUT2D eigenvalue weighted by molar-refractivity contribution is -0.338. The number of aliphatic hydroxyl groups is 12. The predicted octanol–water partition coefficient (Wildman–Crippen LogP) is -6.22. The van der Waals surface area contributed by atoms with Crippen LogP contribution in [0.25, 0.3) is 0 Å². The highest BCUT2D eigenvalue weighted by molar-refractivity contribution is 5.01. The van der Waals surface area contributed by atoms with Gasteiger partial charge in [0.25, 0.3) is 0 Å². The van der Waals surface area contributed by atoms with E-state index in [2.05, 4.69) is 0 Å². The van der Waals surface area contributed by atoms with Crippen LogP contribution in [-0.2, 0) is 23.7 Å². The number of hydrogen-bond acceptors (Lipinski definition) is 17. The first-order chi connectivity index (χ1) is 20.8. The van der Waals surface area contributed by atoms with Gasteiger partial charge in [-0.3, -0.25) is 0 Å². The number of ether oxygens (including phenoxy) is 5. The number of fused-ring (bicyclic) bond motifs is 1. The van der Waals surface area contributed by atoms with E-state index < -0.39 is 135 Å². The van der Waals surface area contributed by atoms with Crippen molar-refractivity contribution in [1.82, 2.24) is 0 Å². The molecular weight excluding hydrogens is 596 g/mol. The Labute approximate surface area is 252 Å². The Morgan fingerprint density at radius 3 is 1.59 bits per heavy atom. The lowest BCUT2D eigenvalue weighted by Crippen LogP contribution is -2.63. The first-order valence-electron chi connectivity index (χ1n) is 15.1. The SMILES string of the molecule is OCC1OC(OC2CC(C3OC4CC(O)CC(O)C4CC3OC3OC(CO)C(O)C(O)C3O)CC(O)C2O)C(O)C(O)C1O. The van der Waals surface area contributed by atoms with Gasteiger partial charge >= 0.3 is 0 Å². The molecule has 20 atom stereocenters. The maximum absolute atomic E-state index is 10.8. The molecule has 0 spiro atoms. The third-order valence-electron chi connectivity index (χ3n) is 9.83. The van der Waals surface area contributed by atoms with E-state index in [1.54, 1.807) is 0 Å². The van der Waals surface area contributed by atoms with Crippen LogP contribution in [-0.4, -0.2) is 185 Å². The summed E-state index contributed by atoms with van der Waals surface area (Å²) >= 11 is 0. The van der Waals surface area contributed by atoms with Crippen molar-refractivity contribution in [1.29, 1.82) is 0 Å². The van der Waals surface area contributed by atoms with Crippen molar-refractivity contribution in [3.8, 4) is 0 Å². The van der Waals surface area contributed by atoms with Crippen molar-refractivity contribution >= 4 is 0 Å². The van der Waals surface area contributed by atoms with Gasteiger partial charge in [-0.1, -0.05) is 0 Å². The first-order valence-corrected chi connectivity index (χ1v) is 15.1. The summed E-state index contributed by atoms with van der Waals surface area (Å²) in [7, 11) is 0. The predicted molar refractivity (Wildman–Crippen MR) is 140 cm³/mol. The molecule has 0 radical (unpaired) electrons. The van der Waals surface area contributed by atoms with Crippen molar-refractivity contribution < 1.29 is 85.0 Å². The Kier molecular flexibility index (Phi) is 11.2. The fourth-order valence-corrected chi connectivity index (χ4v) is 7.29. The topological polar surface area (TPSA) is 289 Å². The highest BCUT2D eigenvalue weighted by Crippen LogP contribution is 2.44. The third-order valence-corrected chi connectivity index (χ3v) is 9.83. The van der Waals surface area contributed by atoms with Crippen molar-refractivity contribution in [3.63, 3.8) is 0 Å². The molecule has 0 aromatic heterocycles. The number of hydrogen-bond donors (Lipinski definition) is 12. The van der Waals surface area contributed by atoms with Gasteiger partial charge in [-0.25, -0.2) is 0 Å². The summed E-state index contributed by atoms with van der Waals surface area (Å²) in [5.74, 6) is -1.14. The molecule has 17 heteroatoms.